The van der Waals surface area contributed by atoms with Crippen LogP contribution in [0, 0.1) is 17.8 Å². The summed E-state index contributed by atoms with van der Waals surface area (Å²) in [5.41, 5.74) is 5.30. The van der Waals surface area contributed by atoms with E-state index in [4.69, 9.17) is 5.73 Å². The molecule has 0 radical (unpaired) electrons. The van der Waals surface area contributed by atoms with Gasteiger partial charge < -0.3 is 16.4 Å². The first kappa shape index (κ1) is 13.3. The van der Waals surface area contributed by atoms with E-state index < -0.39 is 0 Å². The summed E-state index contributed by atoms with van der Waals surface area (Å²) in [7, 11) is 0. The van der Waals surface area contributed by atoms with Gasteiger partial charge in [-0.05, 0) is 38.1 Å². The molecule has 4 N–H and O–H groups in total. The summed E-state index contributed by atoms with van der Waals surface area (Å²) in [5, 5.41) is 6.36. The smallest absolute Gasteiger partial charge is 0.224 e. The number of hydrogen-bond acceptors (Lipinski definition) is 3. The number of carbonyl (C=O) groups excluding carboxylic acids is 2. The molecule has 0 aromatic rings. The van der Waals surface area contributed by atoms with Crippen LogP contribution in [0.4, 0.5) is 0 Å². The summed E-state index contributed by atoms with van der Waals surface area (Å²) in [5.74, 6) is 0.472. The standard InChI is InChI=1S/C13H23N3O2/c1-8-6-15-7-11(8)13(18)16-10-4-2-9(3-5-10)12(14)17/h8-11,15H,2-7H2,1H3,(H2,14,17)(H,16,18)/t8-,9?,10?,11-/m1/s1. The molecule has 2 rings (SSSR count). The van der Waals surface area contributed by atoms with E-state index in [1.165, 1.54) is 0 Å². The van der Waals surface area contributed by atoms with E-state index in [1.54, 1.807) is 0 Å². The van der Waals surface area contributed by atoms with E-state index in [2.05, 4.69) is 17.6 Å². The second kappa shape index (κ2) is 5.69. The van der Waals surface area contributed by atoms with Gasteiger partial charge in [0.15, 0.2) is 0 Å². The van der Waals surface area contributed by atoms with Crippen LogP contribution in [0.25, 0.3) is 0 Å². The zero-order chi connectivity index (χ0) is 13.1. The van der Waals surface area contributed by atoms with Crippen LogP contribution in [-0.2, 0) is 9.59 Å². The highest BCUT2D eigenvalue weighted by molar-refractivity contribution is 5.80. The van der Waals surface area contributed by atoms with Crippen LogP contribution >= 0.6 is 0 Å². The first-order chi connectivity index (χ1) is 8.58. The second-order valence-electron chi connectivity index (χ2n) is 5.70. The van der Waals surface area contributed by atoms with Crippen molar-refractivity contribution in [3.8, 4) is 0 Å². The van der Waals surface area contributed by atoms with Crippen molar-refractivity contribution in [2.75, 3.05) is 13.1 Å². The molecule has 0 aromatic heterocycles. The molecule has 2 atom stereocenters. The van der Waals surface area contributed by atoms with Crippen LogP contribution in [0.1, 0.15) is 32.6 Å². The minimum Gasteiger partial charge on any atom is -0.369 e. The van der Waals surface area contributed by atoms with E-state index in [1.807, 2.05) is 0 Å². The third kappa shape index (κ3) is 3.02. The van der Waals surface area contributed by atoms with Crippen molar-refractivity contribution < 1.29 is 9.59 Å². The number of nitrogens with one attached hydrogen (secondary N) is 2. The van der Waals surface area contributed by atoms with E-state index in [-0.39, 0.29) is 29.7 Å². The highest BCUT2D eigenvalue weighted by atomic mass is 16.2. The number of amides is 2. The molecule has 2 amide bonds. The number of hydrogen-bond donors (Lipinski definition) is 3. The predicted molar refractivity (Wildman–Crippen MR) is 68.6 cm³/mol. The summed E-state index contributed by atoms with van der Waals surface area (Å²) in [6, 6.07) is 0.223. The molecule has 1 aliphatic heterocycles. The van der Waals surface area contributed by atoms with E-state index in [9.17, 15) is 9.59 Å². The van der Waals surface area contributed by atoms with E-state index >= 15 is 0 Å². The maximum Gasteiger partial charge on any atom is 0.224 e. The van der Waals surface area contributed by atoms with Crippen molar-refractivity contribution in [3.05, 3.63) is 0 Å². The molecule has 1 saturated heterocycles. The highest BCUT2D eigenvalue weighted by Gasteiger charge is 2.32. The third-order valence-electron chi connectivity index (χ3n) is 4.33. The van der Waals surface area contributed by atoms with Gasteiger partial charge in [-0.1, -0.05) is 6.92 Å². The number of carbonyl (C=O) groups is 2. The Hall–Kier alpha value is -1.10. The zero-order valence-corrected chi connectivity index (χ0v) is 10.9. The van der Waals surface area contributed by atoms with Gasteiger partial charge in [-0.3, -0.25) is 9.59 Å². The topological polar surface area (TPSA) is 84.2 Å². The Balaban J connectivity index is 1.77. The molecule has 102 valence electrons. The SMILES string of the molecule is C[C@@H]1CNC[C@H]1C(=O)NC1CCC(C(N)=O)CC1. The predicted octanol–water partition coefficient (Wildman–Crippen LogP) is 0.00220. The Kier molecular flexibility index (Phi) is 4.22. The molecule has 0 bridgehead atoms. The van der Waals surface area contributed by atoms with Crippen LogP contribution < -0.4 is 16.4 Å². The molecular weight excluding hydrogens is 230 g/mol. The molecule has 2 fully saturated rings. The Labute approximate surface area is 108 Å². The van der Waals surface area contributed by atoms with Crippen LogP contribution in [0.15, 0.2) is 0 Å². The molecule has 0 spiro atoms. The van der Waals surface area contributed by atoms with Crippen molar-refractivity contribution >= 4 is 11.8 Å². The van der Waals surface area contributed by atoms with Crippen LogP contribution in [0.5, 0.6) is 0 Å². The van der Waals surface area contributed by atoms with Crippen molar-refractivity contribution in [1.82, 2.24) is 10.6 Å². The quantitative estimate of drug-likeness (QED) is 0.662. The average Bonchev–Trinajstić information content (AvgIpc) is 2.76. The lowest BCUT2D eigenvalue weighted by molar-refractivity contribution is -0.126. The lowest BCUT2D eigenvalue weighted by atomic mass is 9.85. The second-order valence-corrected chi connectivity index (χ2v) is 5.70. The molecule has 5 nitrogen and oxygen atoms in total. The van der Waals surface area contributed by atoms with Gasteiger partial charge in [-0.15, -0.1) is 0 Å². The van der Waals surface area contributed by atoms with Gasteiger partial charge >= 0.3 is 0 Å². The van der Waals surface area contributed by atoms with Crippen LogP contribution in [-0.4, -0.2) is 30.9 Å². The third-order valence-corrected chi connectivity index (χ3v) is 4.33. The average molecular weight is 253 g/mol. The van der Waals surface area contributed by atoms with Crippen molar-refractivity contribution in [1.29, 1.82) is 0 Å². The van der Waals surface area contributed by atoms with Gasteiger partial charge in [-0.2, -0.15) is 0 Å². The van der Waals surface area contributed by atoms with Crippen molar-refractivity contribution in [3.63, 3.8) is 0 Å². The van der Waals surface area contributed by atoms with Gasteiger partial charge in [0.1, 0.15) is 0 Å². The van der Waals surface area contributed by atoms with Crippen LogP contribution in [0.3, 0.4) is 0 Å². The molecule has 5 heteroatoms. The summed E-state index contributed by atoms with van der Waals surface area (Å²) in [4.78, 5) is 23.2. The van der Waals surface area contributed by atoms with Gasteiger partial charge in [0.05, 0.1) is 5.92 Å². The maximum atomic E-state index is 12.1. The Morgan fingerprint density at radius 3 is 2.33 bits per heavy atom. The van der Waals surface area contributed by atoms with Gasteiger partial charge in [0, 0.05) is 18.5 Å². The molecule has 2 aliphatic rings. The monoisotopic (exact) mass is 253 g/mol. The fourth-order valence-corrected chi connectivity index (χ4v) is 2.99. The molecule has 0 unspecified atom stereocenters. The summed E-state index contributed by atoms with van der Waals surface area (Å²) < 4.78 is 0. The molecule has 0 aromatic carbocycles. The minimum atomic E-state index is -0.201. The van der Waals surface area contributed by atoms with Crippen LogP contribution in [0.2, 0.25) is 0 Å². The molecule has 1 heterocycles. The van der Waals surface area contributed by atoms with E-state index in [0.717, 1.165) is 38.8 Å². The first-order valence-corrected chi connectivity index (χ1v) is 6.88. The van der Waals surface area contributed by atoms with Gasteiger partial charge in [-0.25, -0.2) is 0 Å². The number of primary amides is 1. The van der Waals surface area contributed by atoms with Gasteiger partial charge in [0.2, 0.25) is 11.8 Å². The zero-order valence-electron chi connectivity index (χ0n) is 10.9. The lowest BCUT2D eigenvalue weighted by Gasteiger charge is -2.28. The fraction of sp³-hybridized carbons (Fsp3) is 0.846. The van der Waals surface area contributed by atoms with Crippen molar-refractivity contribution in [2.24, 2.45) is 23.5 Å². The Bertz CT molecular complexity index is 324. The molecule has 1 aliphatic carbocycles. The number of rotatable bonds is 3. The number of nitrogens with two attached hydrogens (primary N) is 1. The highest BCUT2D eigenvalue weighted by Crippen LogP contribution is 2.25. The minimum absolute atomic E-state index is 0.00484. The molecule has 18 heavy (non-hydrogen) atoms. The Morgan fingerprint density at radius 2 is 1.83 bits per heavy atom. The summed E-state index contributed by atoms with van der Waals surface area (Å²) in [6.45, 7) is 3.81. The fourth-order valence-electron chi connectivity index (χ4n) is 2.99. The lowest BCUT2D eigenvalue weighted by Crippen LogP contribution is -2.43. The summed E-state index contributed by atoms with van der Waals surface area (Å²) in [6.07, 6.45) is 3.35. The Morgan fingerprint density at radius 1 is 1.17 bits per heavy atom. The normalized spacial score (nSPS) is 36.3. The van der Waals surface area contributed by atoms with Crippen molar-refractivity contribution in [2.45, 2.75) is 38.6 Å². The first-order valence-electron chi connectivity index (χ1n) is 6.88. The van der Waals surface area contributed by atoms with Gasteiger partial charge in [0.25, 0.3) is 0 Å². The molecule has 1 saturated carbocycles. The maximum absolute atomic E-state index is 12.1. The van der Waals surface area contributed by atoms with E-state index in [0.29, 0.717) is 5.92 Å². The summed E-state index contributed by atoms with van der Waals surface area (Å²) >= 11 is 0. The largest absolute Gasteiger partial charge is 0.369 e. The molecular formula is C13H23N3O2.